The highest BCUT2D eigenvalue weighted by Gasteiger charge is 2.12. The van der Waals surface area contributed by atoms with Crippen molar-refractivity contribution >= 4 is 22.8 Å². The van der Waals surface area contributed by atoms with Crippen molar-refractivity contribution < 1.29 is 18.9 Å². The average molecular weight is 250 g/mol. The van der Waals surface area contributed by atoms with Crippen LogP contribution in [0.15, 0.2) is 0 Å². The lowest BCUT2D eigenvalue weighted by molar-refractivity contribution is -0.137. The van der Waals surface area contributed by atoms with Gasteiger partial charge in [0.05, 0.1) is 6.42 Å². The van der Waals surface area contributed by atoms with Gasteiger partial charge in [-0.05, 0) is 6.92 Å². The van der Waals surface area contributed by atoms with Crippen LogP contribution in [-0.4, -0.2) is 57.9 Å². The molecule has 0 bridgehead atoms. The minimum atomic E-state index is -0.978. The zero-order valence-corrected chi connectivity index (χ0v) is 10.5. The van der Waals surface area contributed by atoms with Crippen LogP contribution in [0.3, 0.4) is 0 Å². The SMILES string of the molecule is CC(CNC(=O)N(C)CCC(=O)O)S(C)=O. The summed E-state index contributed by atoms with van der Waals surface area (Å²) in [5.74, 6) is -0.942. The summed E-state index contributed by atoms with van der Waals surface area (Å²) in [6.45, 7) is 2.25. The molecule has 2 N–H and O–H groups in total. The van der Waals surface area contributed by atoms with E-state index in [1.165, 1.54) is 11.9 Å². The zero-order chi connectivity index (χ0) is 12.7. The van der Waals surface area contributed by atoms with E-state index in [1.54, 1.807) is 13.2 Å². The molecule has 2 unspecified atom stereocenters. The number of carbonyl (C=O) groups is 2. The van der Waals surface area contributed by atoms with Gasteiger partial charge < -0.3 is 15.3 Å². The third-order valence-corrected chi connectivity index (χ3v) is 3.42. The van der Waals surface area contributed by atoms with Crippen molar-refractivity contribution in [2.45, 2.75) is 18.6 Å². The first-order valence-electron chi connectivity index (χ1n) is 4.87. The van der Waals surface area contributed by atoms with Crippen LogP contribution in [0.2, 0.25) is 0 Å². The molecule has 0 aromatic carbocycles. The lowest BCUT2D eigenvalue weighted by atomic mass is 10.4. The third kappa shape index (κ3) is 6.39. The highest BCUT2D eigenvalue weighted by atomic mass is 32.2. The molecule has 0 aliphatic carbocycles. The number of nitrogens with zero attached hydrogens (tertiary/aromatic N) is 1. The van der Waals surface area contributed by atoms with Gasteiger partial charge in [-0.3, -0.25) is 9.00 Å². The summed E-state index contributed by atoms with van der Waals surface area (Å²) in [5, 5.41) is 10.9. The Kier molecular flexibility index (Phi) is 6.71. The molecule has 2 atom stereocenters. The number of amides is 2. The summed E-state index contributed by atoms with van der Waals surface area (Å²) in [6.07, 6.45) is 1.49. The summed E-state index contributed by atoms with van der Waals surface area (Å²) in [4.78, 5) is 23.0. The molecule has 0 saturated heterocycles. The summed E-state index contributed by atoms with van der Waals surface area (Å²) in [5.41, 5.74) is 0. The molecule has 94 valence electrons. The highest BCUT2D eigenvalue weighted by molar-refractivity contribution is 7.84. The van der Waals surface area contributed by atoms with Gasteiger partial charge in [0.15, 0.2) is 0 Å². The van der Waals surface area contributed by atoms with Crippen molar-refractivity contribution in [2.75, 3.05) is 26.4 Å². The van der Waals surface area contributed by atoms with Gasteiger partial charge in [-0.2, -0.15) is 0 Å². The maximum absolute atomic E-state index is 11.4. The number of urea groups is 1. The van der Waals surface area contributed by atoms with Gasteiger partial charge in [-0.15, -0.1) is 0 Å². The molecule has 0 aliphatic heterocycles. The maximum atomic E-state index is 11.4. The molecule has 7 heteroatoms. The Hall–Kier alpha value is -1.11. The number of hydrogen-bond acceptors (Lipinski definition) is 3. The predicted octanol–water partition coefficient (Wildman–Crippen LogP) is -0.130. The standard InChI is InChI=1S/C9H18N2O4S/c1-7(16(3)15)6-10-9(14)11(2)5-4-8(12)13/h7H,4-6H2,1-3H3,(H,10,14)(H,12,13). The first kappa shape index (κ1) is 14.9. The van der Waals surface area contributed by atoms with Crippen LogP contribution in [-0.2, 0) is 15.6 Å². The Morgan fingerprint density at radius 2 is 2.06 bits per heavy atom. The number of rotatable bonds is 6. The first-order chi connectivity index (χ1) is 7.34. The van der Waals surface area contributed by atoms with Crippen LogP contribution >= 0.6 is 0 Å². The zero-order valence-electron chi connectivity index (χ0n) is 9.73. The number of carboxylic acid groups (broad SMARTS) is 1. The Bertz CT molecular complexity index is 283. The van der Waals surface area contributed by atoms with Crippen LogP contribution < -0.4 is 5.32 Å². The number of nitrogens with one attached hydrogen (secondary N) is 1. The van der Waals surface area contributed by atoms with Crippen molar-refractivity contribution in [1.82, 2.24) is 10.2 Å². The van der Waals surface area contributed by atoms with E-state index in [-0.39, 0.29) is 24.2 Å². The quantitative estimate of drug-likeness (QED) is 0.687. The fraction of sp³-hybridized carbons (Fsp3) is 0.778. The maximum Gasteiger partial charge on any atom is 0.317 e. The molecule has 0 saturated carbocycles. The molecule has 0 heterocycles. The number of hydrogen-bond donors (Lipinski definition) is 2. The Morgan fingerprint density at radius 3 is 2.50 bits per heavy atom. The van der Waals surface area contributed by atoms with Crippen LogP contribution in [0.5, 0.6) is 0 Å². The number of carbonyl (C=O) groups excluding carboxylic acids is 1. The van der Waals surface area contributed by atoms with E-state index < -0.39 is 16.8 Å². The van der Waals surface area contributed by atoms with Crippen LogP contribution in [0.1, 0.15) is 13.3 Å². The third-order valence-electron chi connectivity index (χ3n) is 2.12. The van der Waals surface area contributed by atoms with Crippen molar-refractivity contribution in [3.63, 3.8) is 0 Å². The molecule has 2 amide bonds. The first-order valence-corrected chi connectivity index (χ1v) is 6.49. The van der Waals surface area contributed by atoms with Gasteiger partial charge in [0.1, 0.15) is 0 Å². The fourth-order valence-electron chi connectivity index (χ4n) is 0.848. The topological polar surface area (TPSA) is 86.7 Å². The molecular formula is C9H18N2O4S. The van der Waals surface area contributed by atoms with E-state index in [0.29, 0.717) is 6.54 Å². The molecule has 0 spiro atoms. The number of aliphatic carboxylic acids is 1. The normalized spacial score (nSPS) is 13.9. The highest BCUT2D eigenvalue weighted by Crippen LogP contribution is 1.92. The Morgan fingerprint density at radius 1 is 1.50 bits per heavy atom. The van der Waals surface area contributed by atoms with E-state index in [2.05, 4.69) is 5.32 Å². The molecule has 0 aromatic heterocycles. The van der Waals surface area contributed by atoms with Gasteiger partial charge in [0, 0.05) is 42.4 Å². The van der Waals surface area contributed by atoms with E-state index in [4.69, 9.17) is 5.11 Å². The Balaban J connectivity index is 3.87. The van der Waals surface area contributed by atoms with Gasteiger partial charge in [-0.1, -0.05) is 0 Å². The van der Waals surface area contributed by atoms with Crippen molar-refractivity contribution in [3.8, 4) is 0 Å². The second-order valence-electron chi connectivity index (χ2n) is 3.56. The number of carboxylic acids is 1. The fourth-order valence-corrected chi connectivity index (χ4v) is 1.17. The molecule has 16 heavy (non-hydrogen) atoms. The molecule has 0 aliphatic rings. The lowest BCUT2D eigenvalue weighted by Gasteiger charge is -2.18. The summed E-state index contributed by atoms with van der Waals surface area (Å²) in [7, 11) is 0.541. The van der Waals surface area contributed by atoms with Gasteiger partial charge >= 0.3 is 12.0 Å². The molecule has 6 nitrogen and oxygen atoms in total. The van der Waals surface area contributed by atoms with Crippen molar-refractivity contribution in [1.29, 1.82) is 0 Å². The lowest BCUT2D eigenvalue weighted by Crippen LogP contribution is -2.41. The largest absolute Gasteiger partial charge is 0.481 e. The van der Waals surface area contributed by atoms with E-state index in [9.17, 15) is 13.8 Å². The summed E-state index contributed by atoms with van der Waals surface area (Å²) < 4.78 is 11.0. The minimum absolute atomic E-state index is 0.0841. The smallest absolute Gasteiger partial charge is 0.317 e. The minimum Gasteiger partial charge on any atom is -0.481 e. The molecule has 0 rings (SSSR count). The average Bonchev–Trinajstić information content (AvgIpc) is 2.21. The molecule has 0 aromatic rings. The van der Waals surface area contributed by atoms with Crippen molar-refractivity contribution in [3.05, 3.63) is 0 Å². The van der Waals surface area contributed by atoms with Gasteiger partial charge in [0.25, 0.3) is 0 Å². The van der Waals surface area contributed by atoms with Gasteiger partial charge in [-0.25, -0.2) is 4.79 Å². The van der Waals surface area contributed by atoms with Crippen molar-refractivity contribution in [2.24, 2.45) is 0 Å². The predicted molar refractivity (Wildman–Crippen MR) is 61.8 cm³/mol. The van der Waals surface area contributed by atoms with Crippen LogP contribution in [0, 0.1) is 0 Å². The van der Waals surface area contributed by atoms with Crippen LogP contribution in [0.4, 0.5) is 4.79 Å². The van der Waals surface area contributed by atoms with E-state index >= 15 is 0 Å². The van der Waals surface area contributed by atoms with E-state index in [0.717, 1.165) is 0 Å². The van der Waals surface area contributed by atoms with E-state index in [1.807, 2.05) is 0 Å². The molecule has 0 radical (unpaired) electrons. The van der Waals surface area contributed by atoms with Gasteiger partial charge in [0.2, 0.25) is 0 Å². The molecule has 0 fully saturated rings. The second-order valence-corrected chi connectivity index (χ2v) is 5.36. The molecular weight excluding hydrogens is 232 g/mol. The Labute approximate surface area is 97.5 Å². The summed E-state index contributed by atoms with van der Waals surface area (Å²) >= 11 is 0. The summed E-state index contributed by atoms with van der Waals surface area (Å²) in [6, 6.07) is -0.349. The van der Waals surface area contributed by atoms with Crippen LogP contribution in [0.25, 0.3) is 0 Å². The second kappa shape index (κ2) is 7.21. The monoisotopic (exact) mass is 250 g/mol.